The molecule has 0 bridgehead atoms. The number of nitrogens with zero attached hydrogens (tertiary/aromatic N) is 2. The van der Waals surface area contributed by atoms with E-state index in [1.807, 2.05) is 12.1 Å². The number of anilines is 3. The third kappa shape index (κ3) is 4.72. The van der Waals surface area contributed by atoms with Crippen molar-refractivity contribution in [1.29, 1.82) is 0 Å². The van der Waals surface area contributed by atoms with Crippen LogP contribution < -0.4 is 10.2 Å². The Morgan fingerprint density at radius 3 is 2.74 bits per heavy atom. The average Bonchev–Trinajstić information content (AvgIpc) is 3.22. The molecule has 4 rings (SSSR count). The molecule has 7 heteroatoms. The van der Waals surface area contributed by atoms with E-state index in [4.69, 9.17) is 0 Å². The lowest BCUT2D eigenvalue weighted by molar-refractivity contribution is -0.116. The second-order valence-electron chi connectivity index (χ2n) is 7.33. The van der Waals surface area contributed by atoms with Crippen LogP contribution >= 0.6 is 11.3 Å². The van der Waals surface area contributed by atoms with Crippen molar-refractivity contribution in [2.24, 2.45) is 0 Å². The minimum absolute atomic E-state index is 0.145. The number of thiazole rings is 1. The Bertz CT molecular complexity index is 1160. The number of carbonyl (C=O) groups is 2. The highest BCUT2D eigenvalue weighted by Crippen LogP contribution is 2.31. The van der Waals surface area contributed by atoms with Gasteiger partial charge in [-0.05, 0) is 61.1 Å². The number of aromatic nitrogens is 1. The summed E-state index contributed by atoms with van der Waals surface area (Å²) in [5, 5.41) is 5.02. The summed E-state index contributed by atoms with van der Waals surface area (Å²) >= 11 is 1.21. The van der Waals surface area contributed by atoms with E-state index < -0.39 is 5.82 Å². The number of para-hydroxylation sites is 1. The van der Waals surface area contributed by atoms with E-state index in [0.29, 0.717) is 10.8 Å². The average molecular weight is 436 g/mol. The van der Waals surface area contributed by atoms with Crippen LogP contribution in [0.3, 0.4) is 0 Å². The van der Waals surface area contributed by atoms with Crippen molar-refractivity contribution in [3.63, 3.8) is 0 Å². The maximum atomic E-state index is 14.2. The molecule has 2 aromatic carbocycles. The zero-order chi connectivity index (χ0) is 21.8. The molecule has 1 heterocycles. The lowest BCUT2D eigenvalue weighted by Crippen LogP contribution is -2.23. The first-order valence-electron chi connectivity index (χ1n) is 10.1. The zero-order valence-electron chi connectivity index (χ0n) is 17.1. The summed E-state index contributed by atoms with van der Waals surface area (Å²) in [4.78, 5) is 30.2. The maximum Gasteiger partial charge on any atom is 0.248 e. The van der Waals surface area contributed by atoms with Crippen LogP contribution in [0.25, 0.3) is 6.08 Å². The number of hydrogen-bond acceptors (Lipinski definition) is 4. The summed E-state index contributed by atoms with van der Waals surface area (Å²) in [5.74, 6) is -1.09. The molecule has 2 amide bonds. The van der Waals surface area contributed by atoms with Gasteiger partial charge in [0.15, 0.2) is 5.13 Å². The molecule has 0 spiro atoms. The predicted molar refractivity (Wildman–Crippen MR) is 122 cm³/mol. The predicted octanol–water partition coefficient (Wildman–Crippen LogP) is 5.50. The van der Waals surface area contributed by atoms with Crippen LogP contribution in [0.5, 0.6) is 0 Å². The number of aryl methyl sites for hydroxylation is 1. The molecule has 31 heavy (non-hydrogen) atoms. The van der Waals surface area contributed by atoms with Crippen molar-refractivity contribution in [3.8, 4) is 0 Å². The van der Waals surface area contributed by atoms with Gasteiger partial charge in [0.2, 0.25) is 11.8 Å². The number of carbonyl (C=O) groups excluding carboxylic acids is 2. The van der Waals surface area contributed by atoms with Gasteiger partial charge in [0.05, 0.1) is 11.4 Å². The molecule has 0 saturated heterocycles. The van der Waals surface area contributed by atoms with Crippen molar-refractivity contribution in [2.75, 3.05) is 10.2 Å². The standard InChI is InChI=1S/C24H22FN3O2S/c1-16(29)28(22-12-5-4-10-20(22)25)24-26-18(15-31-24)13-14-23(30)27-21-11-6-8-17-7-2-3-9-19(17)21/h4-6,8,10-15H,2-3,7,9H2,1H3,(H,27,30). The van der Waals surface area contributed by atoms with Crippen molar-refractivity contribution < 1.29 is 14.0 Å². The molecule has 3 aromatic rings. The Morgan fingerprint density at radius 2 is 1.94 bits per heavy atom. The molecule has 0 unspecified atom stereocenters. The third-order valence-electron chi connectivity index (χ3n) is 5.17. The second-order valence-corrected chi connectivity index (χ2v) is 8.17. The smallest absolute Gasteiger partial charge is 0.248 e. The first-order valence-corrected chi connectivity index (χ1v) is 11.0. The Labute approximate surface area is 184 Å². The van der Waals surface area contributed by atoms with Gasteiger partial charge in [-0.25, -0.2) is 9.37 Å². The van der Waals surface area contributed by atoms with E-state index in [2.05, 4.69) is 16.4 Å². The Morgan fingerprint density at radius 1 is 1.13 bits per heavy atom. The Kier molecular flexibility index (Phi) is 6.23. The number of halogens is 1. The lowest BCUT2D eigenvalue weighted by atomic mass is 9.90. The van der Waals surface area contributed by atoms with E-state index in [1.54, 1.807) is 23.6 Å². The van der Waals surface area contributed by atoms with Gasteiger partial charge in [-0.1, -0.05) is 24.3 Å². The van der Waals surface area contributed by atoms with E-state index in [-0.39, 0.29) is 17.5 Å². The number of amides is 2. The van der Waals surface area contributed by atoms with Crippen molar-refractivity contribution >= 4 is 45.7 Å². The van der Waals surface area contributed by atoms with Gasteiger partial charge in [0.1, 0.15) is 5.82 Å². The Hall–Kier alpha value is -3.32. The maximum absolute atomic E-state index is 14.2. The molecule has 0 aliphatic heterocycles. The monoisotopic (exact) mass is 435 g/mol. The topological polar surface area (TPSA) is 62.3 Å². The molecular formula is C24H22FN3O2S. The van der Waals surface area contributed by atoms with E-state index >= 15 is 0 Å². The van der Waals surface area contributed by atoms with E-state index in [1.165, 1.54) is 58.9 Å². The van der Waals surface area contributed by atoms with Gasteiger partial charge in [-0.2, -0.15) is 0 Å². The van der Waals surface area contributed by atoms with Gasteiger partial charge in [0, 0.05) is 24.1 Å². The minimum Gasteiger partial charge on any atom is -0.322 e. The van der Waals surface area contributed by atoms with Gasteiger partial charge < -0.3 is 5.32 Å². The van der Waals surface area contributed by atoms with Crippen LogP contribution in [0.1, 0.15) is 36.6 Å². The molecule has 1 aromatic heterocycles. The van der Waals surface area contributed by atoms with Crippen LogP contribution in [0, 0.1) is 5.82 Å². The highest BCUT2D eigenvalue weighted by Gasteiger charge is 2.20. The Balaban J connectivity index is 1.49. The minimum atomic E-state index is -0.504. The van der Waals surface area contributed by atoms with Gasteiger partial charge in [-0.3, -0.25) is 14.5 Å². The van der Waals surface area contributed by atoms with Crippen molar-refractivity contribution in [1.82, 2.24) is 4.98 Å². The molecule has 1 N–H and O–H groups in total. The lowest BCUT2D eigenvalue weighted by Gasteiger charge is -2.19. The quantitative estimate of drug-likeness (QED) is 0.539. The van der Waals surface area contributed by atoms with E-state index in [9.17, 15) is 14.0 Å². The van der Waals surface area contributed by atoms with Crippen molar-refractivity contribution in [3.05, 3.63) is 76.6 Å². The van der Waals surface area contributed by atoms with Gasteiger partial charge in [0.25, 0.3) is 0 Å². The number of rotatable bonds is 5. The zero-order valence-corrected chi connectivity index (χ0v) is 17.9. The van der Waals surface area contributed by atoms with Crippen LogP contribution in [-0.4, -0.2) is 16.8 Å². The summed E-state index contributed by atoms with van der Waals surface area (Å²) < 4.78 is 14.2. The van der Waals surface area contributed by atoms with Gasteiger partial charge >= 0.3 is 0 Å². The van der Waals surface area contributed by atoms with E-state index in [0.717, 1.165) is 24.9 Å². The fraction of sp³-hybridized carbons (Fsp3) is 0.208. The second kappa shape index (κ2) is 9.22. The molecule has 0 saturated carbocycles. The molecule has 1 aliphatic carbocycles. The molecule has 1 aliphatic rings. The number of benzene rings is 2. The van der Waals surface area contributed by atoms with Crippen LogP contribution in [0.15, 0.2) is 53.9 Å². The van der Waals surface area contributed by atoms with Crippen molar-refractivity contribution in [2.45, 2.75) is 32.6 Å². The van der Waals surface area contributed by atoms with Crippen LogP contribution in [-0.2, 0) is 22.4 Å². The normalized spacial score (nSPS) is 13.1. The highest BCUT2D eigenvalue weighted by atomic mass is 32.1. The summed E-state index contributed by atoms with van der Waals surface area (Å²) in [5.41, 5.74) is 4.04. The summed E-state index contributed by atoms with van der Waals surface area (Å²) in [6, 6.07) is 12.1. The first-order chi connectivity index (χ1) is 15.0. The number of hydrogen-bond donors (Lipinski definition) is 1. The fourth-order valence-electron chi connectivity index (χ4n) is 3.73. The summed E-state index contributed by atoms with van der Waals surface area (Å²) in [6.45, 7) is 1.36. The fourth-order valence-corrected chi connectivity index (χ4v) is 4.58. The van der Waals surface area contributed by atoms with Crippen LogP contribution in [0.2, 0.25) is 0 Å². The van der Waals surface area contributed by atoms with Crippen LogP contribution in [0.4, 0.5) is 20.9 Å². The molecule has 0 radical (unpaired) electrons. The third-order valence-corrected chi connectivity index (χ3v) is 6.01. The SMILES string of the molecule is CC(=O)N(c1nc(C=CC(=O)Nc2cccc3c2CCCC3)cs1)c1ccccc1F. The summed E-state index contributed by atoms with van der Waals surface area (Å²) in [6.07, 6.45) is 7.34. The number of nitrogens with one attached hydrogen (secondary N) is 1. The van der Waals surface area contributed by atoms with Gasteiger partial charge in [-0.15, -0.1) is 11.3 Å². The highest BCUT2D eigenvalue weighted by molar-refractivity contribution is 7.14. The molecule has 0 atom stereocenters. The molecule has 5 nitrogen and oxygen atoms in total. The number of fused-ring (bicyclic) bond motifs is 1. The largest absolute Gasteiger partial charge is 0.322 e. The molecule has 0 fully saturated rings. The molecular weight excluding hydrogens is 413 g/mol. The summed E-state index contributed by atoms with van der Waals surface area (Å²) in [7, 11) is 0. The molecule has 158 valence electrons. The first kappa shape index (κ1) is 20.9.